The summed E-state index contributed by atoms with van der Waals surface area (Å²) in [6.07, 6.45) is 6.54. The molecule has 3 heterocycles. The molecule has 2 bridgehead atoms. The van der Waals surface area contributed by atoms with Gasteiger partial charge in [-0.2, -0.15) is 0 Å². The molecule has 2 aromatic rings. The van der Waals surface area contributed by atoms with E-state index in [0.717, 1.165) is 25.9 Å². The fourth-order valence-corrected chi connectivity index (χ4v) is 4.48. The maximum atomic E-state index is 12.6. The van der Waals surface area contributed by atoms with Gasteiger partial charge in [0.2, 0.25) is 0 Å². The fraction of sp³-hybridized carbons (Fsp3) is 0.550. The zero-order valence-electron chi connectivity index (χ0n) is 15.2. The minimum absolute atomic E-state index is 0.0944. The van der Waals surface area contributed by atoms with Crippen molar-refractivity contribution in [1.82, 2.24) is 20.1 Å². The van der Waals surface area contributed by atoms with Gasteiger partial charge in [-0.05, 0) is 50.8 Å². The first-order valence-corrected chi connectivity index (χ1v) is 9.44. The van der Waals surface area contributed by atoms with Crippen molar-refractivity contribution in [2.45, 2.75) is 44.7 Å². The second-order valence-electron chi connectivity index (χ2n) is 7.58. The Kier molecular flexibility index (Phi) is 4.42. The predicted octanol–water partition coefficient (Wildman–Crippen LogP) is 2.90. The number of benzene rings is 1. The van der Waals surface area contributed by atoms with Crippen molar-refractivity contribution >= 4 is 16.9 Å². The van der Waals surface area contributed by atoms with E-state index in [0.29, 0.717) is 18.6 Å². The molecule has 0 radical (unpaired) electrons. The number of urea groups is 1. The largest absolute Gasteiger partial charge is 0.361 e. The number of likely N-dealkylation sites (tertiary alicyclic amines) is 1. The number of nitrogens with zero attached hydrogens (tertiary/aromatic N) is 2. The van der Waals surface area contributed by atoms with Gasteiger partial charge in [-0.3, -0.25) is 4.90 Å². The van der Waals surface area contributed by atoms with Gasteiger partial charge in [-0.1, -0.05) is 18.2 Å². The molecule has 2 saturated heterocycles. The average molecular weight is 340 g/mol. The number of aromatic nitrogens is 1. The van der Waals surface area contributed by atoms with E-state index in [1.54, 1.807) is 0 Å². The van der Waals surface area contributed by atoms with E-state index < -0.39 is 0 Å². The molecular formula is C20H28N4O. The van der Waals surface area contributed by atoms with Crippen LogP contribution in [0.5, 0.6) is 0 Å². The number of para-hydroxylation sites is 1. The van der Waals surface area contributed by atoms with Crippen LogP contribution in [0.3, 0.4) is 0 Å². The van der Waals surface area contributed by atoms with Crippen molar-refractivity contribution in [2.24, 2.45) is 0 Å². The standard InChI is InChI=1S/C20H28N4O/c1-14-4-3-5-18-15(12-22-19(14)18)8-10-21-20(25)24-11-9-16-6-7-17(13-24)23(16)2/h3-5,12,16-17,22H,6-11,13H2,1-2H3,(H,21,25). The highest BCUT2D eigenvalue weighted by molar-refractivity contribution is 5.86. The fourth-order valence-electron chi connectivity index (χ4n) is 4.48. The van der Waals surface area contributed by atoms with Crippen molar-refractivity contribution < 1.29 is 4.79 Å². The van der Waals surface area contributed by atoms with Gasteiger partial charge in [0, 0.05) is 48.8 Å². The first-order valence-electron chi connectivity index (χ1n) is 9.44. The molecule has 0 spiro atoms. The molecule has 2 amide bonds. The number of nitrogens with one attached hydrogen (secondary N) is 2. The van der Waals surface area contributed by atoms with Crippen molar-refractivity contribution in [3.8, 4) is 0 Å². The normalized spacial score (nSPS) is 23.8. The van der Waals surface area contributed by atoms with Crippen LogP contribution in [0.15, 0.2) is 24.4 Å². The smallest absolute Gasteiger partial charge is 0.317 e. The average Bonchev–Trinajstić information content (AvgIpc) is 3.10. The number of aromatic amines is 1. The summed E-state index contributed by atoms with van der Waals surface area (Å²) >= 11 is 0. The summed E-state index contributed by atoms with van der Waals surface area (Å²) < 4.78 is 0. The minimum atomic E-state index is 0.0944. The van der Waals surface area contributed by atoms with Crippen molar-refractivity contribution in [2.75, 3.05) is 26.7 Å². The van der Waals surface area contributed by atoms with Crippen LogP contribution in [0.2, 0.25) is 0 Å². The molecule has 134 valence electrons. The first kappa shape index (κ1) is 16.5. The van der Waals surface area contributed by atoms with Crippen LogP contribution in [-0.4, -0.2) is 59.6 Å². The number of hydrogen-bond donors (Lipinski definition) is 2. The zero-order chi connectivity index (χ0) is 17.4. The van der Waals surface area contributed by atoms with Crippen LogP contribution in [0.1, 0.15) is 30.4 Å². The Bertz CT molecular complexity index is 768. The zero-order valence-corrected chi connectivity index (χ0v) is 15.2. The summed E-state index contributed by atoms with van der Waals surface area (Å²) in [6, 6.07) is 7.66. The van der Waals surface area contributed by atoms with Crippen LogP contribution in [0, 0.1) is 6.92 Å². The Balaban J connectivity index is 1.34. The van der Waals surface area contributed by atoms with Crippen LogP contribution in [0.4, 0.5) is 4.79 Å². The van der Waals surface area contributed by atoms with Gasteiger partial charge in [0.05, 0.1) is 0 Å². The quantitative estimate of drug-likeness (QED) is 0.903. The number of aryl methyl sites for hydroxylation is 1. The minimum Gasteiger partial charge on any atom is -0.361 e. The molecule has 2 N–H and O–H groups in total. The second kappa shape index (κ2) is 6.71. The summed E-state index contributed by atoms with van der Waals surface area (Å²) in [7, 11) is 2.21. The highest BCUT2D eigenvalue weighted by Crippen LogP contribution is 2.28. The maximum Gasteiger partial charge on any atom is 0.317 e. The molecule has 5 nitrogen and oxygen atoms in total. The van der Waals surface area contributed by atoms with Crippen LogP contribution >= 0.6 is 0 Å². The van der Waals surface area contributed by atoms with E-state index in [9.17, 15) is 4.79 Å². The third-order valence-electron chi connectivity index (χ3n) is 6.12. The van der Waals surface area contributed by atoms with Gasteiger partial charge in [-0.15, -0.1) is 0 Å². The van der Waals surface area contributed by atoms with E-state index in [4.69, 9.17) is 0 Å². The Hall–Kier alpha value is -2.01. The molecule has 4 rings (SSSR count). The molecule has 2 fully saturated rings. The number of carbonyl (C=O) groups is 1. The predicted molar refractivity (Wildman–Crippen MR) is 101 cm³/mol. The lowest BCUT2D eigenvalue weighted by molar-refractivity contribution is 0.188. The third kappa shape index (κ3) is 3.13. The maximum absolute atomic E-state index is 12.6. The van der Waals surface area contributed by atoms with Crippen LogP contribution in [-0.2, 0) is 6.42 Å². The lowest BCUT2D eigenvalue weighted by Crippen LogP contribution is -2.45. The molecular weight excluding hydrogens is 312 g/mol. The molecule has 2 atom stereocenters. The number of fused-ring (bicyclic) bond motifs is 3. The molecule has 1 aromatic carbocycles. The van der Waals surface area contributed by atoms with E-state index in [2.05, 4.69) is 53.6 Å². The summed E-state index contributed by atoms with van der Waals surface area (Å²) in [5.74, 6) is 0. The molecule has 5 heteroatoms. The summed E-state index contributed by atoms with van der Waals surface area (Å²) in [5, 5.41) is 4.39. The molecule has 2 unspecified atom stereocenters. The molecule has 0 aliphatic carbocycles. The number of H-pyrrole nitrogens is 1. The lowest BCUT2D eigenvalue weighted by Gasteiger charge is -2.26. The number of amides is 2. The molecule has 2 aliphatic heterocycles. The van der Waals surface area contributed by atoms with Gasteiger partial charge < -0.3 is 15.2 Å². The topological polar surface area (TPSA) is 51.4 Å². The van der Waals surface area contributed by atoms with E-state index >= 15 is 0 Å². The van der Waals surface area contributed by atoms with E-state index in [-0.39, 0.29) is 6.03 Å². The summed E-state index contributed by atoms with van der Waals surface area (Å²) in [5.41, 5.74) is 3.74. The number of hydrogen-bond acceptors (Lipinski definition) is 2. The van der Waals surface area contributed by atoms with Gasteiger partial charge in [-0.25, -0.2) is 4.79 Å². The highest BCUT2D eigenvalue weighted by atomic mass is 16.2. The second-order valence-corrected chi connectivity index (χ2v) is 7.58. The Morgan fingerprint density at radius 1 is 1.28 bits per heavy atom. The SMILES string of the molecule is Cc1cccc2c(CCNC(=O)N3CCC4CCC(C3)N4C)c[nH]c12. The number of likely N-dealkylation sites (N-methyl/N-ethyl adjacent to an activating group) is 1. The number of carbonyl (C=O) groups excluding carboxylic acids is 1. The Morgan fingerprint density at radius 3 is 3.00 bits per heavy atom. The van der Waals surface area contributed by atoms with E-state index in [1.807, 2.05) is 4.90 Å². The van der Waals surface area contributed by atoms with Gasteiger partial charge in [0.1, 0.15) is 0 Å². The van der Waals surface area contributed by atoms with Crippen molar-refractivity contribution in [1.29, 1.82) is 0 Å². The first-order chi connectivity index (χ1) is 12.1. The molecule has 2 aliphatic rings. The highest BCUT2D eigenvalue weighted by Gasteiger charge is 2.35. The Labute approximate surface area is 149 Å². The van der Waals surface area contributed by atoms with Crippen molar-refractivity contribution in [3.05, 3.63) is 35.5 Å². The Morgan fingerprint density at radius 2 is 2.12 bits per heavy atom. The molecule has 25 heavy (non-hydrogen) atoms. The molecule has 1 aromatic heterocycles. The van der Waals surface area contributed by atoms with Gasteiger partial charge in [0.25, 0.3) is 0 Å². The number of rotatable bonds is 3. The van der Waals surface area contributed by atoms with E-state index in [1.165, 1.54) is 34.9 Å². The van der Waals surface area contributed by atoms with Crippen LogP contribution < -0.4 is 5.32 Å². The van der Waals surface area contributed by atoms with Gasteiger partial charge in [0.15, 0.2) is 0 Å². The monoisotopic (exact) mass is 340 g/mol. The third-order valence-corrected chi connectivity index (χ3v) is 6.12. The molecule has 0 saturated carbocycles. The summed E-state index contributed by atoms with van der Waals surface area (Å²) in [4.78, 5) is 20.4. The van der Waals surface area contributed by atoms with Gasteiger partial charge >= 0.3 is 6.03 Å². The summed E-state index contributed by atoms with van der Waals surface area (Å²) in [6.45, 7) is 4.54. The van der Waals surface area contributed by atoms with Crippen LogP contribution in [0.25, 0.3) is 10.9 Å². The van der Waals surface area contributed by atoms with Crippen molar-refractivity contribution in [3.63, 3.8) is 0 Å². The lowest BCUT2D eigenvalue weighted by atomic mass is 10.1.